The van der Waals surface area contributed by atoms with Crippen LogP contribution in [0.15, 0.2) is 65.7 Å². The number of nitrogens with one attached hydrogen (secondary N) is 2. The van der Waals surface area contributed by atoms with Crippen molar-refractivity contribution in [2.24, 2.45) is 0 Å². The molecule has 0 saturated heterocycles. The van der Waals surface area contributed by atoms with E-state index in [0.29, 0.717) is 11.4 Å². The summed E-state index contributed by atoms with van der Waals surface area (Å²) in [6.45, 7) is 5.52. The summed E-state index contributed by atoms with van der Waals surface area (Å²) in [4.78, 5) is 15.0. The predicted molar refractivity (Wildman–Crippen MR) is 116 cm³/mol. The van der Waals surface area contributed by atoms with E-state index in [0.717, 1.165) is 17.2 Å². The number of aromatic nitrogens is 1. The molecule has 3 rings (SSSR count). The molecule has 9 heteroatoms. The molecule has 156 valence electrons. The lowest BCUT2D eigenvalue weighted by Gasteiger charge is -2.16. The quantitative estimate of drug-likeness (QED) is 0.422. The van der Waals surface area contributed by atoms with Gasteiger partial charge in [0.1, 0.15) is 5.69 Å². The summed E-state index contributed by atoms with van der Waals surface area (Å²) in [7, 11) is -4.00. The fourth-order valence-corrected chi connectivity index (χ4v) is 4.17. The number of rotatable bonds is 7. The van der Waals surface area contributed by atoms with Crippen molar-refractivity contribution in [1.82, 2.24) is 4.98 Å². The highest BCUT2D eigenvalue weighted by Crippen LogP contribution is 2.31. The molecule has 1 aromatic heterocycles. The molecule has 3 aromatic rings. The number of nitro benzene ring substituents is 1. The van der Waals surface area contributed by atoms with E-state index in [-0.39, 0.29) is 22.3 Å². The van der Waals surface area contributed by atoms with Crippen molar-refractivity contribution in [1.29, 1.82) is 0 Å². The van der Waals surface area contributed by atoms with Gasteiger partial charge in [-0.25, -0.2) is 8.42 Å². The summed E-state index contributed by atoms with van der Waals surface area (Å²) < 4.78 is 28.1. The Kier molecular flexibility index (Phi) is 6.02. The zero-order chi connectivity index (χ0) is 21.9. The van der Waals surface area contributed by atoms with E-state index in [1.807, 2.05) is 26.0 Å². The van der Waals surface area contributed by atoms with Gasteiger partial charge >= 0.3 is 0 Å². The molecule has 0 spiro atoms. The topological polar surface area (TPSA) is 114 Å². The van der Waals surface area contributed by atoms with Crippen LogP contribution in [0.1, 0.15) is 29.8 Å². The van der Waals surface area contributed by atoms with Gasteiger partial charge in [-0.15, -0.1) is 0 Å². The Morgan fingerprint density at radius 2 is 1.77 bits per heavy atom. The minimum atomic E-state index is -4.00. The molecular weight excluding hydrogens is 404 g/mol. The number of nitrogens with zero attached hydrogens (tertiary/aromatic N) is 2. The fraction of sp³-hybridized carbons (Fsp3) is 0.190. The van der Waals surface area contributed by atoms with Crippen LogP contribution < -0.4 is 10.0 Å². The van der Waals surface area contributed by atoms with Crippen LogP contribution in [0, 0.1) is 24.0 Å². The molecule has 30 heavy (non-hydrogen) atoms. The average molecular weight is 426 g/mol. The molecule has 0 fully saturated rings. The second kappa shape index (κ2) is 8.50. The number of anilines is 2. The number of sulfonamides is 1. The minimum Gasteiger partial charge on any atom is -0.371 e. The summed E-state index contributed by atoms with van der Waals surface area (Å²) >= 11 is 0. The van der Waals surface area contributed by atoms with Crippen LogP contribution in [0.5, 0.6) is 0 Å². The molecule has 1 heterocycles. The van der Waals surface area contributed by atoms with Gasteiger partial charge in [0, 0.05) is 12.3 Å². The number of hydrogen-bond acceptors (Lipinski definition) is 6. The Bertz CT molecular complexity index is 1180. The average Bonchev–Trinajstić information content (AvgIpc) is 2.70. The first kappa shape index (κ1) is 21.3. The van der Waals surface area contributed by atoms with Crippen LogP contribution in [-0.4, -0.2) is 18.3 Å². The maximum absolute atomic E-state index is 12.8. The Balaban J connectivity index is 1.91. The van der Waals surface area contributed by atoms with E-state index < -0.39 is 14.9 Å². The molecular formula is C21H22N4O4S. The summed E-state index contributed by atoms with van der Waals surface area (Å²) in [6, 6.07) is 14.2. The van der Waals surface area contributed by atoms with Crippen molar-refractivity contribution < 1.29 is 13.3 Å². The van der Waals surface area contributed by atoms with Gasteiger partial charge < -0.3 is 5.32 Å². The summed E-state index contributed by atoms with van der Waals surface area (Å²) in [6.07, 6.45) is 1.64. The molecule has 0 radical (unpaired) electrons. The molecule has 1 unspecified atom stereocenters. The Morgan fingerprint density at radius 1 is 1.03 bits per heavy atom. The van der Waals surface area contributed by atoms with Crippen LogP contribution in [0.25, 0.3) is 0 Å². The molecule has 0 aliphatic carbocycles. The number of benzene rings is 2. The van der Waals surface area contributed by atoms with Crippen molar-refractivity contribution in [2.75, 3.05) is 10.0 Å². The third-order valence-corrected chi connectivity index (χ3v) is 5.97. The van der Waals surface area contributed by atoms with Crippen molar-refractivity contribution in [2.45, 2.75) is 31.7 Å². The van der Waals surface area contributed by atoms with Crippen molar-refractivity contribution in [3.63, 3.8) is 0 Å². The molecule has 2 aromatic carbocycles. The summed E-state index contributed by atoms with van der Waals surface area (Å²) in [5.74, 6) is 0. The van der Waals surface area contributed by atoms with Crippen LogP contribution in [0.3, 0.4) is 0 Å². The monoisotopic (exact) mass is 426 g/mol. The van der Waals surface area contributed by atoms with Crippen molar-refractivity contribution in [3.05, 3.63) is 87.7 Å². The summed E-state index contributed by atoms with van der Waals surface area (Å²) in [5.41, 5.74) is 2.78. The minimum absolute atomic E-state index is 0.190. The van der Waals surface area contributed by atoms with Gasteiger partial charge in [-0.2, -0.15) is 0 Å². The van der Waals surface area contributed by atoms with E-state index >= 15 is 0 Å². The van der Waals surface area contributed by atoms with Crippen LogP contribution in [-0.2, 0) is 10.0 Å². The van der Waals surface area contributed by atoms with Crippen molar-refractivity contribution >= 4 is 27.1 Å². The van der Waals surface area contributed by atoms with Crippen LogP contribution in [0.4, 0.5) is 17.1 Å². The van der Waals surface area contributed by atoms with Crippen LogP contribution >= 0.6 is 0 Å². The van der Waals surface area contributed by atoms with Gasteiger partial charge in [0.15, 0.2) is 0 Å². The fourth-order valence-electron chi connectivity index (χ4n) is 3.02. The molecule has 0 aliphatic heterocycles. The molecule has 0 saturated carbocycles. The first-order valence-electron chi connectivity index (χ1n) is 9.23. The number of hydrogen-bond donors (Lipinski definition) is 2. The lowest BCUT2D eigenvalue weighted by Crippen LogP contribution is -2.15. The van der Waals surface area contributed by atoms with Gasteiger partial charge in [-0.3, -0.25) is 19.8 Å². The Hall–Kier alpha value is -3.46. The van der Waals surface area contributed by atoms with Gasteiger partial charge in [0.25, 0.3) is 15.7 Å². The summed E-state index contributed by atoms with van der Waals surface area (Å²) in [5, 5.41) is 14.6. The molecule has 8 nitrogen and oxygen atoms in total. The van der Waals surface area contributed by atoms with Gasteiger partial charge in [0.05, 0.1) is 27.2 Å². The number of aryl methyl sites for hydroxylation is 2. The van der Waals surface area contributed by atoms with E-state index in [9.17, 15) is 18.5 Å². The normalized spacial score (nSPS) is 12.2. The zero-order valence-corrected chi connectivity index (χ0v) is 17.6. The largest absolute Gasteiger partial charge is 0.371 e. The number of nitro groups is 1. The second-order valence-corrected chi connectivity index (χ2v) is 8.66. The molecule has 0 bridgehead atoms. The highest BCUT2D eigenvalue weighted by molar-refractivity contribution is 7.92. The second-order valence-electron chi connectivity index (χ2n) is 6.98. The third kappa shape index (κ3) is 4.74. The Morgan fingerprint density at radius 3 is 2.40 bits per heavy atom. The smallest absolute Gasteiger partial charge is 0.293 e. The molecule has 0 aliphatic rings. The van der Waals surface area contributed by atoms with Gasteiger partial charge in [-0.1, -0.05) is 23.8 Å². The Labute approximate surface area is 175 Å². The third-order valence-electron chi connectivity index (χ3n) is 4.61. The maximum Gasteiger partial charge on any atom is 0.293 e. The van der Waals surface area contributed by atoms with E-state index in [2.05, 4.69) is 15.0 Å². The molecule has 2 N–H and O–H groups in total. The van der Waals surface area contributed by atoms with E-state index in [4.69, 9.17) is 0 Å². The van der Waals surface area contributed by atoms with Crippen LogP contribution in [0.2, 0.25) is 0 Å². The first-order valence-corrected chi connectivity index (χ1v) is 10.7. The first-order chi connectivity index (χ1) is 14.2. The number of pyridine rings is 1. The van der Waals surface area contributed by atoms with E-state index in [1.54, 1.807) is 37.4 Å². The highest BCUT2D eigenvalue weighted by Gasteiger charge is 2.23. The lowest BCUT2D eigenvalue weighted by molar-refractivity contribution is -0.384. The lowest BCUT2D eigenvalue weighted by atomic mass is 10.1. The maximum atomic E-state index is 12.8. The van der Waals surface area contributed by atoms with E-state index in [1.165, 1.54) is 12.1 Å². The SMILES string of the molecule is Cc1ccc(NS(=O)(=O)c2ccc(NC(C)c3ccccn3)c([N+](=O)[O-])c2)c(C)c1. The van der Waals surface area contributed by atoms with Gasteiger partial charge in [0.2, 0.25) is 0 Å². The van der Waals surface area contributed by atoms with Crippen molar-refractivity contribution in [3.8, 4) is 0 Å². The highest BCUT2D eigenvalue weighted by atomic mass is 32.2. The standard InChI is InChI=1S/C21H22N4O4S/c1-14-7-9-18(15(2)12-14)24-30(28,29)17-8-10-20(21(13-17)25(26)27)23-16(3)19-6-4-5-11-22-19/h4-13,16,23-24H,1-3H3. The molecule has 1 atom stereocenters. The van der Waals surface area contributed by atoms with Gasteiger partial charge in [-0.05, 0) is 56.7 Å². The molecule has 0 amide bonds. The zero-order valence-electron chi connectivity index (χ0n) is 16.8. The predicted octanol–water partition coefficient (Wildman–Crippen LogP) is 4.58.